The Bertz CT molecular complexity index is 1270. The summed E-state index contributed by atoms with van der Waals surface area (Å²) in [5.41, 5.74) is 3.40. The third kappa shape index (κ3) is 4.17. The lowest BCUT2D eigenvalue weighted by atomic mass is 10.2. The smallest absolute Gasteiger partial charge is 0.178 e. The number of nitrogens with zero attached hydrogens (tertiary/aromatic N) is 7. The molecule has 3 heterocycles. The van der Waals surface area contributed by atoms with Crippen LogP contribution >= 0.6 is 0 Å². The van der Waals surface area contributed by atoms with E-state index in [-0.39, 0.29) is 0 Å². The van der Waals surface area contributed by atoms with E-state index < -0.39 is 0 Å². The van der Waals surface area contributed by atoms with E-state index in [1.165, 1.54) is 12.5 Å². The van der Waals surface area contributed by atoms with Gasteiger partial charge in [-0.05, 0) is 26.0 Å². The molecule has 5 rings (SSSR count). The number of benzene rings is 1. The second kappa shape index (κ2) is 8.52. The van der Waals surface area contributed by atoms with E-state index in [1.54, 1.807) is 15.5 Å². The van der Waals surface area contributed by atoms with Crippen LogP contribution in [-0.4, -0.2) is 55.6 Å². The minimum Gasteiger partial charge on any atom is -0.492 e. The lowest BCUT2D eigenvalue weighted by molar-refractivity contribution is 0.318. The largest absolute Gasteiger partial charge is 0.492 e. The zero-order chi connectivity index (χ0) is 21.9. The number of ether oxygens (including phenoxy) is 1. The normalized spacial score (nSPS) is 13.1. The second-order valence-corrected chi connectivity index (χ2v) is 7.49. The molecular formula is C21H22N10O. The summed E-state index contributed by atoms with van der Waals surface area (Å²) in [6, 6.07) is 10.2. The molecule has 0 spiro atoms. The molecule has 4 aromatic rings. The van der Waals surface area contributed by atoms with Crippen molar-refractivity contribution in [2.24, 2.45) is 0 Å². The minimum absolute atomic E-state index is 0.370. The highest BCUT2D eigenvalue weighted by atomic mass is 16.5. The van der Waals surface area contributed by atoms with Gasteiger partial charge in [-0.25, -0.2) is 14.6 Å². The number of likely N-dealkylation sites (N-methyl/N-ethyl adjacent to an activating group) is 1. The van der Waals surface area contributed by atoms with Crippen LogP contribution in [0.15, 0.2) is 43.1 Å². The first-order valence-electron chi connectivity index (χ1n) is 10.3. The molecule has 11 nitrogen and oxygen atoms in total. The van der Waals surface area contributed by atoms with Crippen LogP contribution < -0.4 is 20.7 Å². The van der Waals surface area contributed by atoms with Gasteiger partial charge < -0.3 is 20.7 Å². The van der Waals surface area contributed by atoms with Gasteiger partial charge in [-0.1, -0.05) is 0 Å². The fourth-order valence-electron chi connectivity index (χ4n) is 3.29. The summed E-state index contributed by atoms with van der Waals surface area (Å²) in [6.07, 6.45) is 6.88. The van der Waals surface area contributed by atoms with Gasteiger partial charge in [-0.2, -0.15) is 14.9 Å². The zero-order valence-electron chi connectivity index (χ0n) is 17.5. The van der Waals surface area contributed by atoms with Gasteiger partial charge >= 0.3 is 0 Å². The Hall–Kier alpha value is -4.17. The maximum atomic E-state index is 9.44. The predicted octanol–water partition coefficient (Wildman–Crippen LogP) is 2.10. The minimum atomic E-state index is 0.370. The van der Waals surface area contributed by atoms with E-state index in [0.29, 0.717) is 35.6 Å². The highest BCUT2D eigenvalue weighted by molar-refractivity contribution is 5.74. The summed E-state index contributed by atoms with van der Waals surface area (Å²) >= 11 is 0. The first kappa shape index (κ1) is 19.8. The monoisotopic (exact) mass is 430 g/mol. The molecule has 0 saturated heterocycles. The number of aromatic nitrogens is 6. The van der Waals surface area contributed by atoms with Gasteiger partial charge in [0.15, 0.2) is 17.2 Å². The average molecular weight is 430 g/mol. The van der Waals surface area contributed by atoms with Crippen LogP contribution in [0.5, 0.6) is 5.75 Å². The van der Waals surface area contributed by atoms with Crippen LogP contribution in [0.2, 0.25) is 0 Å². The predicted molar refractivity (Wildman–Crippen MR) is 118 cm³/mol. The Kier molecular flexibility index (Phi) is 5.27. The third-order valence-electron chi connectivity index (χ3n) is 4.99. The van der Waals surface area contributed by atoms with Crippen molar-refractivity contribution in [1.82, 2.24) is 34.7 Å². The van der Waals surface area contributed by atoms with Crippen LogP contribution in [-0.2, 0) is 0 Å². The summed E-state index contributed by atoms with van der Waals surface area (Å²) < 4.78 is 9.10. The molecule has 3 aromatic heterocycles. The Balaban J connectivity index is 1.51. The number of hydrogen-bond acceptors (Lipinski definition) is 9. The number of nitriles is 1. The van der Waals surface area contributed by atoms with Crippen LogP contribution in [0.3, 0.4) is 0 Å². The van der Waals surface area contributed by atoms with Gasteiger partial charge in [0.1, 0.15) is 31.1 Å². The Morgan fingerprint density at radius 2 is 2.16 bits per heavy atom. The van der Waals surface area contributed by atoms with E-state index in [4.69, 9.17) is 4.74 Å². The molecule has 1 aromatic carbocycles. The summed E-state index contributed by atoms with van der Waals surface area (Å²) in [7, 11) is 1.88. The van der Waals surface area contributed by atoms with Crippen molar-refractivity contribution in [2.75, 3.05) is 30.8 Å². The van der Waals surface area contributed by atoms with E-state index in [9.17, 15) is 5.26 Å². The van der Waals surface area contributed by atoms with Gasteiger partial charge in [0.05, 0.1) is 17.6 Å². The van der Waals surface area contributed by atoms with Crippen molar-refractivity contribution in [3.05, 3.63) is 48.8 Å². The van der Waals surface area contributed by atoms with Crippen molar-refractivity contribution in [2.45, 2.75) is 18.9 Å². The van der Waals surface area contributed by atoms with E-state index in [1.807, 2.05) is 31.3 Å². The SMILES string of the molecule is CNCCOc1cc(Nc2cc(NC3CC3)c3ncc(C#N)n3n2)cc(-n2cncn2)c1. The van der Waals surface area contributed by atoms with E-state index in [0.717, 1.165) is 36.4 Å². The van der Waals surface area contributed by atoms with Crippen LogP contribution in [0.25, 0.3) is 11.3 Å². The molecule has 1 fully saturated rings. The Morgan fingerprint density at radius 3 is 2.91 bits per heavy atom. The average Bonchev–Trinajstić information content (AvgIpc) is 3.26. The summed E-state index contributed by atoms with van der Waals surface area (Å²) in [4.78, 5) is 8.39. The first-order chi connectivity index (χ1) is 15.7. The Morgan fingerprint density at radius 1 is 1.25 bits per heavy atom. The van der Waals surface area contributed by atoms with E-state index in [2.05, 4.69) is 42.2 Å². The molecule has 1 aliphatic carbocycles. The van der Waals surface area contributed by atoms with Gasteiger partial charge in [-0.3, -0.25) is 0 Å². The van der Waals surface area contributed by atoms with Gasteiger partial charge in [0.2, 0.25) is 0 Å². The molecule has 0 amide bonds. The molecular weight excluding hydrogens is 408 g/mol. The van der Waals surface area contributed by atoms with Crippen molar-refractivity contribution in [3.8, 4) is 17.5 Å². The van der Waals surface area contributed by atoms with Crippen LogP contribution in [0.4, 0.5) is 17.2 Å². The lowest BCUT2D eigenvalue weighted by Gasteiger charge is -2.14. The summed E-state index contributed by atoms with van der Waals surface area (Å²) in [5, 5.41) is 28.1. The molecule has 1 aliphatic rings. The molecule has 32 heavy (non-hydrogen) atoms. The van der Waals surface area contributed by atoms with Gasteiger partial charge in [0, 0.05) is 36.5 Å². The second-order valence-electron chi connectivity index (χ2n) is 7.49. The summed E-state index contributed by atoms with van der Waals surface area (Å²) in [6.45, 7) is 1.25. The summed E-state index contributed by atoms with van der Waals surface area (Å²) in [5.74, 6) is 1.26. The van der Waals surface area contributed by atoms with Crippen molar-refractivity contribution in [3.63, 3.8) is 0 Å². The van der Waals surface area contributed by atoms with Crippen molar-refractivity contribution >= 4 is 22.8 Å². The Labute approximate surface area is 184 Å². The molecule has 1 saturated carbocycles. The zero-order valence-corrected chi connectivity index (χ0v) is 17.5. The maximum absolute atomic E-state index is 9.44. The fraction of sp³-hybridized carbons (Fsp3) is 0.286. The lowest BCUT2D eigenvalue weighted by Crippen LogP contribution is -2.16. The van der Waals surface area contributed by atoms with E-state index >= 15 is 0 Å². The van der Waals surface area contributed by atoms with Crippen LogP contribution in [0, 0.1) is 11.3 Å². The highest BCUT2D eigenvalue weighted by Gasteiger charge is 2.23. The van der Waals surface area contributed by atoms with Crippen molar-refractivity contribution in [1.29, 1.82) is 5.26 Å². The highest BCUT2D eigenvalue weighted by Crippen LogP contribution is 2.30. The molecule has 162 valence electrons. The standard InChI is InChI=1S/C21H22N10O/c1-23-4-5-32-18-7-15(6-16(8-18)30-13-24-12-26-30)28-20-9-19(27-14-2-3-14)21-25-11-17(10-22)31(21)29-20/h6-9,11-14,23,27H,2-5H2,1H3,(H,28,29). The molecule has 3 N–H and O–H groups in total. The van der Waals surface area contributed by atoms with Crippen molar-refractivity contribution < 1.29 is 4.74 Å². The third-order valence-corrected chi connectivity index (χ3v) is 4.99. The molecule has 0 atom stereocenters. The number of rotatable bonds is 9. The fourth-order valence-corrected chi connectivity index (χ4v) is 3.29. The number of nitrogens with one attached hydrogen (secondary N) is 3. The quantitative estimate of drug-likeness (QED) is 0.342. The topological polar surface area (TPSA) is 130 Å². The van der Waals surface area contributed by atoms with Gasteiger partial charge in [-0.15, -0.1) is 5.10 Å². The van der Waals surface area contributed by atoms with Gasteiger partial charge in [0.25, 0.3) is 0 Å². The molecule has 0 radical (unpaired) electrons. The first-order valence-corrected chi connectivity index (χ1v) is 10.3. The number of hydrogen-bond donors (Lipinski definition) is 3. The van der Waals surface area contributed by atoms with Crippen LogP contribution in [0.1, 0.15) is 18.5 Å². The number of imidazole rings is 1. The number of anilines is 3. The molecule has 11 heteroatoms. The molecule has 0 bridgehead atoms. The molecule has 0 unspecified atom stereocenters. The maximum Gasteiger partial charge on any atom is 0.178 e. The molecule has 0 aliphatic heterocycles. The number of fused-ring (bicyclic) bond motifs is 1.